The summed E-state index contributed by atoms with van der Waals surface area (Å²) in [5.41, 5.74) is 17.1. The number of rotatable bonds is 7. The van der Waals surface area contributed by atoms with Crippen molar-refractivity contribution in [3.05, 3.63) is 304 Å². The summed E-state index contributed by atoms with van der Waals surface area (Å²) >= 11 is 0. The minimum atomic E-state index is 0.626. The number of nitrogens with zero attached hydrogens (tertiary/aromatic N) is 10. The predicted molar refractivity (Wildman–Crippen MR) is 395 cm³/mol. The van der Waals surface area contributed by atoms with Gasteiger partial charge >= 0.3 is 0 Å². The number of furan rings is 2. The SMILES string of the molecule is c1ccc(-c2nc(-c3ccccc3)nc(-c3ccc4c(c3)c3ccccc3c3nc5cc6c(cn5c43)oc3ccccc36)n2)cc1.c1ccc(-c2nc(-c3ccccc3)nc(-c3cccc(-c4ccc5c(c4)c4ccccc4c4nc6cc7c(cn6c54)oc4ccccc47)c3)n2)cc1. The quantitative estimate of drug-likeness (QED) is 0.142. The molecular weight excluding hydrogens is 1210 g/mol. The largest absolute Gasteiger partial charge is 0.455 e. The molecule has 0 N–H and O–H groups in total. The number of hydrogen-bond acceptors (Lipinski definition) is 10. The molecule has 0 radical (unpaired) electrons. The van der Waals surface area contributed by atoms with Crippen LogP contribution < -0.4 is 0 Å². The van der Waals surface area contributed by atoms with Gasteiger partial charge in [0.05, 0.1) is 34.5 Å². The van der Waals surface area contributed by atoms with Crippen molar-refractivity contribution in [1.29, 1.82) is 0 Å². The van der Waals surface area contributed by atoms with E-state index in [9.17, 15) is 0 Å². The molecule has 0 bridgehead atoms. The molecule has 13 aromatic carbocycles. The van der Waals surface area contributed by atoms with Crippen molar-refractivity contribution in [2.45, 2.75) is 0 Å². The highest BCUT2D eigenvalue weighted by Crippen LogP contribution is 2.42. The van der Waals surface area contributed by atoms with E-state index in [4.69, 9.17) is 48.7 Å². The fourth-order valence-corrected chi connectivity index (χ4v) is 14.2. The lowest BCUT2D eigenvalue weighted by Gasteiger charge is -2.11. The number of aromatic nitrogens is 10. The zero-order valence-corrected chi connectivity index (χ0v) is 52.2. The lowest BCUT2D eigenvalue weighted by molar-refractivity contribution is 0.666. The Hall–Kier alpha value is -13.6. The minimum Gasteiger partial charge on any atom is -0.455 e. The summed E-state index contributed by atoms with van der Waals surface area (Å²) in [5.74, 6) is 3.82. The summed E-state index contributed by atoms with van der Waals surface area (Å²) in [6.45, 7) is 0. The molecule has 0 aliphatic rings. The van der Waals surface area contributed by atoms with Gasteiger partial charge in [0.1, 0.15) is 22.5 Å². The topological polar surface area (TPSA) is 138 Å². The first-order valence-electron chi connectivity index (χ1n) is 32.5. The van der Waals surface area contributed by atoms with E-state index in [1.54, 1.807) is 0 Å². The van der Waals surface area contributed by atoms with Gasteiger partial charge in [0.2, 0.25) is 0 Å². The van der Waals surface area contributed by atoms with E-state index >= 15 is 0 Å². The molecule has 8 aromatic heterocycles. The Labute approximate surface area is 557 Å². The first-order valence-corrected chi connectivity index (χ1v) is 32.5. The second-order valence-electron chi connectivity index (χ2n) is 24.6. The van der Waals surface area contributed by atoms with Crippen LogP contribution in [0.4, 0.5) is 0 Å². The third kappa shape index (κ3) is 9.00. The van der Waals surface area contributed by atoms with Gasteiger partial charge in [-0.05, 0) is 75.1 Å². The lowest BCUT2D eigenvalue weighted by atomic mass is 9.95. The van der Waals surface area contributed by atoms with Crippen molar-refractivity contribution in [3.63, 3.8) is 0 Å². The highest BCUT2D eigenvalue weighted by molar-refractivity contribution is 6.26. The van der Waals surface area contributed by atoms with Gasteiger partial charge < -0.3 is 8.83 Å². The van der Waals surface area contributed by atoms with Crippen LogP contribution in [0.15, 0.2) is 312 Å². The molecule has 98 heavy (non-hydrogen) atoms. The zero-order chi connectivity index (χ0) is 64.4. The van der Waals surface area contributed by atoms with Crippen LogP contribution in [0.1, 0.15) is 0 Å². The highest BCUT2D eigenvalue weighted by atomic mass is 16.3. The maximum Gasteiger partial charge on any atom is 0.164 e. The molecule has 456 valence electrons. The molecule has 0 spiro atoms. The van der Waals surface area contributed by atoms with E-state index in [0.29, 0.717) is 34.9 Å². The van der Waals surface area contributed by atoms with Crippen LogP contribution in [0, 0.1) is 0 Å². The van der Waals surface area contributed by atoms with Crippen LogP contribution in [-0.4, -0.2) is 48.7 Å². The fraction of sp³-hybridized carbons (Fsp3) is 0. The smallest absolute Gasteiger partial charge is 0.164 e. The van der Waals surface area contributed by atoms with Crippen LogP contribution in [0.25, 0.3) is 200 Å². The Morgan fingerprint density at radius 1 is 0.194 bits per heavy atom. The molecule has 0 fully saturated rings. The Morgan fingerprint density at radius 2 is 0.510 bits per heavy atom. The van der Waals surface area contributed by atoms with Crippen LogP contribution in [0.3, 0.4) is 0 Å². The van der Waals surface area contributed by atoms with Gasteiger partial charge in [-0.15, -0.1) is 0 Å². The number of benzene rings is 13. The van der Waals surface area contributed by atoms with E-state index in [2.05, 4.69) is 155 Å². The average Bonchev–Trinajstić information content (AvgIpc) is 1.52. The molecule has 12 heteroatoms. The molecule has 8 heterocycles. The van der Waals surface area contributed by atoms with Gasteiger partial charge in [-0.3, -0.25) is 8.80 Å². The molecule has 0 amide bonds. The molecular formula is C86H50N10O2. The van der Waals surface area contributed by atoms with Gasteiger partial charge in [-0.2, -0.15) is 0 Å². The molecule has 0 aliphatic heterocycles. The van der Waals surface area contributed by atoms with Gasteiger partial charge in [-0.25, -0.2) is 39.9 Å². The van der Waals surface area contributed by atoms with Gasteiger partial charge in [0.25, 0.3) is 0 Å². The Morgan fingerprint density at radius 3 is 0.939 bits per heavy atom. The molecule has 0 saturated heterocycles. The minimum absolute atomic E-state index is 0.626. The molecule has 0 atom stereocenters. The van der Waals surface area contributed by atoms with Crippen molar-refractivity contribution in [2.75, 3.05) is 0 Å². The third-order valence-corrected chi connectivity index (χ3v) is 18.8. The second kappa shape index (κ2) is 22.0. The average molecular weight is 1260 g/mol. The van der Waals surface area contributed by atoms with Crippen LogP contribution in [0.2, 0.25) is 0 Å². The Kier molecular flexibility index (Phi) is 12.3. The zero-order valence-electron chi connectivity index (χ0n) is 52.2. The Bertz CT molecular complexity index is 6690. The lowest BCUT2D eigenvalue weighted by Crippen LogP contribution is -2.00. The van der Waals surface area contributed by atoms with E-state index in [1.165, 1.54) is 0 Å². The van der Waals surface area contributed by atoms with Crippen LogP contribution in [-0.2, 0) is 0 Å². The Balaban J connectivity index is 0.000000134. The van der Waals surface area contributed by atoms with E-state index < -0.39 is 0 Å². The van der Waals surface area contributed by atoms with Crippen LogP contribution >= 0.6 is 0 Å². The number of imidazole rings is 2. The van der Waals surface area contributed by atoms with Crippen molar-refractivity contribution in [3.8, 4) is 79.5 Å². The van der Waals surface area contributed by atoms with Crippen molar-refractivity contribution >= 4 is 120 Å². The normalized spacial score (nSPS) is 11.9. The molecule has 21 rings (SSSR count). The third-order valence-electron chi connectivity index (χ3n) is 18.8. The van der Waals surface area contributed by atoms with Crippen molar-refractivity contribution in [2.24, 2.45) is 0 Å². The predicted octanol–water partition coefficient (Wildman–Crippen LogP) is 21.4. The fourth-order valence-electron chi connectivity index (χ4n) is 14.2. The second-order valence-corrected chi connectivity index (χ2v) is 24.6. The number of pyridine rings is 2. The summed E-state index contributed by atoms with van der Waals surface area (Å²) in [6.07, 6.45) is 4.17. The summed E-state index contributed by atoms with van der Waals surface area (Å²) < 4.78 is 16.9. The molecule has 0 aliphatic carbocycles. The number of hydrogen-bond donors (Lipinski definition) is 0. The first kappa shape index (κ1) is 54.9. The standard InChI is InChI=1S/C46H27N5O.C40H23N5O/c1-3-12-28(13-4-1)44-48-45(29-14-5-2-6-15-29)50-46(49-44)32-17-11-16-30(24-32)31-22-23-36-37(25-31)33-18-7-8-20-35(33)42-43(36)51-27-40-38(26-41(51)47-42)34-19-9-10-21-39(34)52-40;1-3-11-24(12-4-1)38-42-39(25-13-5-2-6-14-25)44-40(43-38)26-19-20-30-31(21-26)27-15-7-8-17-29(27)36-37(30)45-23-34-32(22-35(45)41-36)28-16-9-10-18-33(28)46-34/h1-27H;1-23H. The monoisotopic (exact) mass is 1250 g/mol. The number of para-hydroxylation sites is 2. The molecule has 0 unspecified atom stereocenters. The van der Waals surface area contributed by atoms with Gasteiger partial charge in [0, 0.05) is 76.5 Å². The molecule has 12 nitrogen and oxygen atoms in total. The van der Waals surface area contributed by atoms with Crippen molar-refractivity contribution in [1.82, 2.24) is 48.7 Å². The maximum absolute atomic E-state index is 6.31. The van der Waals surface area contributed by atoms with Gasteiger partial charge in [0.15, 0.2) is 46.1 Å². The van der Waals surface area contributed by atoms with E-state index in [1.807, 2.05) is 158 Å². The highest BCUT2D eigenvalue weighted by Gasteiger charge is 2.22. The first-order chi connectivity index (χ1) is 48.5. The van der Waals surface area contributed by atoms with Gasteiger partial charge in [-0.1, -0.05) is 249 Å². The molecule has 21 aromatic rings. The van der Waals surface area contributed by atoms with E-state index in [0.717, 1.165) is 165 Å². The summed E-state index contributed by atoms with van der Waals surface area (Å²) in [6, 6.07) is 99.6. The molecule has 0 saturated carbocycles. The summed E-state index contributed by atoms with van der Waals surface area (Å²) in [5, 5.41) is 13.3. The number of fused-ring (bicyclic) bond motifs is 22. The van der Waals surface area contributed by atoms with Crippen molar-refractivity contribution < 1.29 is 8.83 Å². The van der Waals surface area contributed by atoms with Crippen LogP contribution in [0.5, 0.6) is 0 Å². The summed E-state index contributed by atoms with van der Waals surface area (Å²) in [7, 11) is 0. The summed E-state index contributed by atoms with van der Waals surface area (Å²) in [4.78, 5) is 40.1. The maximum atomic E-state index is 6.31. The van der Waals surface area contributed by atoms with E-state index in [-0.39, 0.29) is 0 Å².